The Labute approximate surface area is 133 Å². The largest absolute Gasteiger partial charge is 0.425 e. The van der Waals surface area contributed by atoms with E-state index in [0.29, 0.717) is 35.5 Å². The van der Waals surface area contributed by atoms with Crippen molar-refractivity contribution in [1.82, 2.24) is 10.2 Å². The zero-order valence-electron chi connectivity index (χ0n) is 12.9. The first-order valence-electron chi connectivity index (χ1n) is 7.87. The van der Waals surface area contributed by atoms with Crippen molar-refractivity contribution in [2.24, 2.45) is 5.92 Å². The lowest BCUT2D eigenvalue weighted by Gasteiger charge is -2.25. The van der Waals surface area contributed by atoms with Gasteiger partial charge in [0.25, 0.3) is 0 Å². The van der Waals surface area contributed by atoms with Gasteiger partial charge in [-0.15, -0.1) is 10.2 Å². The Morgan fingerprint density at radius 1 is 1.43 bits per heavy atom. The Bertz CT molecular complexity index is 796. The third kappa shape index (κ3) is 2.11. The smallest absolute Gasteiger partial charge is 0.224 e. The second-order valence-corrected chi connectivity index (χ2v) is 6.53. The van der Waals surface area contributed by atoms with Crippen LogP contribution in [0.2, 0.25) is 0 Å². The number of hydrogen-bond donors (Lipinski definition) is 0. The van der Waals surface area contributed by atoms with E-state index in [1.165, 1.54) is 6.07 Å². The van der Waals surface area contributed by atoms with Crippen molar-refractivity contribution in [2.45, 2.75) is 31.6 Å². The SMILES string of the molecule is Cc1nnc([C@]23CCC[C@H]2CN(c2ccc(C#N)cc2F)C3)o1. The number of halogens is 1. The molecule has 1 aliphatic heterocycles. The molecule has 1 aromatic carbocycles. The van der Waals surface area contributed by atoms with Gasteiger partial charge in [-0.25, -0.2) is 4.39 Å². The van der Waals surface area contributed by atoms with E-state index in [1.54, 1.807) is 19.1 Å². The molecule has 0 amide bonds. The van der Waals surface area contributed by atoms with Crippen LogP contribution < -0.4 is 4.90 Å². The first-order chi connectivity index (χ1) is 11.1. The molecule has 23 heavy (non-hydrogen) atoms. The van der Waals surface area contributed by atoms with Gasteiger partial charge >= 0.3 is 0 Å². The van der Waals surface area contributed by atoms with Crippen LogP contribution in [-0.2, 0) is 5.41 Å². The summed E-state index contributed by atoms with van der Waals surface area (Å²) in [5.41, 5.74) is 0.726. The highest BCUT2D eigenvalue weighted by atomic mass is 19.1. The number of nitrogens with zero attached hydrogens (tertiary/aromatic N) is 4. The fourth-order valence-electron chi connectivity index (χ4n) is 4.15. The van der Waals surface area contributed by atoms with Gasteiger partial charge in [0, 0.05) is 20.0 Å². The van der Waals surface area contributed by atoms with Crippen LogP contribution in [0.5, 0.6) is 0 Å². The van der Waals surface area contributed by atoms with Crippen LogP contribution in [0.4, 0.5) is 10.1 Å². The van der Waals surface area contributed by atoms with E-state index in [9.17, 15) is 4.39 Å². The molecule has 1 aromatic heterocycles. The number of benzene rings is 1. The van der Waals surface area contributed by atoms with Gasteiger partial charge in [-0.1, -0.05) is 6.42 Å². The van der Waals surface area contributed by atoms with E-state index in [1.807, 2.05) is 6.07 Å². The lowest BCUT2D eigenvalue weighted by Crippen LogP contribution is -2.32. The van der Waals surface area contributed by atoms with E-state index in [-0.39, 0.29) is 11.2 Å². The molecule has 2 fully saturated rings. The van der Waals surface area contributed by atoms with Crippen LogP contribution in [0.1, 0.15) is 36.6 Å². The molecule has 2 heterocycles. The molecule has 6 heteroatoms. The molecule has 2 atom stereocenters. The lowest BCUT2D eigenvalue weighted by atomic mass is 9.80. The van der Waals surface area contributed by atoms with Gasteiger partial charge in [-0.05, 0) is 37.0 Å². The van der Waals surface area contributed by atoms with E-state index >= 15 is 0 Å². The molecular formula is C17H17FN4O. The third-order valence-electron chi connectivity index (χ3n) is 5.24. The fourth-order valence-corrected chi connectivity index (χ4v) is 4.15. The average molecular weight is 312 g/mol. The van der Waals surface area contributed by atoms with Gasteiger partial charge in [0.15, 0.2) is 0 Å². The normalized spacial score (nSPS) is 26.3. The summed E-state index contributed by atoms with van der Waals surface area (Å²) < 4.78 is 20.1. The molecule has 0 bridgehead atoms. The summed E-state index contributed by atoms with van der Waals surface area (Å²) in [4.78, 5) is 2.06. The molecule has 2 aliphatic rings. The number of aryl methyl sites for hydroxylation is 1. The number of hydrogen-bond acceptors (Lipinski definition) is 5. The molecule has 4 rings (SSSR count). The van der Waals surface area contributed by atoms with E-state index < -0.39 is 0 Å². The fraction of sp³-hybridized carbons (Fsp3) is 0.471. The summed E-state index contributed by atoms with van der Waals surface area (Å²) in [6.07, 6.45) is 3.22. The molecule has 1 saturated heterocycles. The summed E-state index contributed by atoms with van der Waals surface area (Å²) in [6, 6.07) is 6.63. The molecular weight excluding hydrogens is 295 g/mol. The summed E-state index contributed by atoms with van der Waals surface area (Å²) in [5, 5.41) is 17.1. The minimum atomic E-state index is -0.346. The zero-order valence-corrected chi connectivity index (χ0v) is 12.9. The molecule has 2 aromatic rings. The molecule has 1 aliphatic carbocycles. The monoisotopic (exact) mass is 312 g/mol. The Morgan fingerprint density at radius 2 is 2.30 bits per heavy atom. The summed E-state index contributed by atoms with van der Waals surface area (Å²) in [6.45, 7) is 3.26. The molecule has 118 valence electrons. The van der Waals surface area contributed by atoms with Gasteiger partial charge < -0.3 is 9.32 Å². The van der Waals surface area contributed by atoms with Crippen LogP contribution in [0, 0.1) is 30.0 Å². The standard InChI is InChI=1S/C17H17FN4O/c1-11-20-21-16(23-11)17-6-2-3-13(17)9-22(10-17)15-5-4-12(8-19)7-14(15)18/h4-5,7,13H,2-3,6,9-10H2,1H3/t13-,17-/m0/s1. The van der Waals surface area contributed by atoms with Gasteiger partial charge in [-0.3, -0.25) is 0 Å². The van der Waals surface area contributed by atoms with Crippen LogP contribution in [0.25, 0.3) is 0 Å². The van der Waals surface area contributed by atoms with Crippen molar-refractivity contribution in [3.63, 3.8) is 0 Å². The predicted octanol–water partition coefficient (Wildman–Crippen LogP) is 2.95. The van der Waals surface area contributed by atoms with Crippen molar-refractivity contribution in [3.8, 4) is 6.07 Å². The van der Waals surface area contributed by atoms with Crippen molar-refractivity contribution in [2.75, 3.05) is 18.0 Å². The predicted molar refractivity (Wildman–Crippen MR) is 81.4 cm³/mol. The first kappa shape index (κ1) is 14.2. The molecule has 0 radical (unpaired) electrons. The number of anilines is 1. The van der Waals surface area contributed by atoms with Crippen molar-refractivity contribution < 1.29 is 8.81 Å². The highest BCUT2D eigenvalue weighted by molar-refractivity contribution is 5.53. The number of aromatic nitrogens is 2. The maximum Gasteiger partial charge on any atom is 0.224 e. The van der Waals surface area contributed by atoms with E-state index in [2.05, 4.69) is 15.1 Å². The van der Waals surface area contributed by atoms with Crippen LogP contribution in [0.3, 0.4) is 0 Å². The molecule has 5 nitrogen and oxygen atoms in total. The zero-order chi connectivity index (χ0) is 16.0. The number of rotatable bonds is 2. The van der Waals surface area contributed by atoms with Gasteiger partial charge in [0.1, 0.15) is 5.82 Å². The van der Waals surface area contributed by atoms with Crippen molar-refractivity contribution in [1.29, 1.82) is 5.26 Å². The molecule has 0 unspecified atom stereocenters. The van der Waals surface area contributed by atoms with Gasteiger partial charge in [-0.2, -0.15) is 5.26 Å². The highest BCUT2D eigenvalue weighted by Crippen LogP contribution is 2.51. The highest BCUT2D eigenvalue weighted by Gasteiger charge is 2.54. The second-order valence-electron chi connectivity index (χ2n) is 6.53. The summed E-state index contributed by atoms with van der Waals surface area (Å²) in [5.74, 6) is 1.32. The molecule has 0 spiro atoms. The van der Waals surface area contributed by atoms with Crippen LogP contribution >= 0.6 is 0 Å². The van der Waals surface area contributed by atoms with Gasteiger partial charge in [0.2, 0.25) is 11.8 Å². The Balaban J connectivity index is 1.69. The minimum Gasteiger partial charge on any atom is -0.425 e. The Morgan fingerprint density at radius 3 is 3.00 bits per heavy atom. The first-order valence-corrected chi connectivity index (χ1v) is 7.87. The van der Waals surface area contributed by atoms with Crippen molar-refractivity contribution in [3.05, 3.63) is 41.4 Å². The summed E-state index contributed by atoms with van der Waals surface area (Å²) in [7, 11) is 0. The average Bonchev–Trinajstić information content (AvgIpc) is 3.20. The molecule has 0 N–H and O–H groups in total. The van der Waals surface area contributed by atoms with E-state index in [0.717, 1.165) is 25.8 Å². The van der Waals surface area contributed by atoms with E-state index in [4.69, 9.17) is 9.68 Å². The number of fused-ring (bicyclic) bond motifs is 1. The van der Waals surface area contributed by atoms with Gasteiger partial charge in [0.05, 0.1) is 22.7 Å². The molecule has 1 saturated carbocycles. The maximum atomic E-state index is 14.4. The Kier molecular flexibility index (Phi) is 3.12. The number of nitriles is 1. The maximum absolute atomic E-state index is 14.4. The lowest BCUT2D eigenvalue weighted by molar-refractivity contribution is 0.299. The summed E-state index contributed by atoms with van der Waals surface area (Å²) >= 11 is 0. The van der Waals surface area contributed by atoms with Crippen LogP contribution in [0.15, 0.2) is 22.6 Å². The second kappa shape index (κ2) is 5.05. The third-order valence-corrected chi connectivity index (χ3v) is 5.24. The minimum absolute atomic E-state index is 0.165. The Hall–Kier alpha value is -2.42. The van der Waals surface area contributed by atoms with Crippen molar-refractivity contribution >= 4 is 5.69 Å². The quantitative estimate of drug-likeness (QED) is 0.853. The van der Waals surface area contributed by atoms with Crippen LogP contribution in [-0.4, -0.2) is 23.3 Å². The topological polar surface area (TPSA) is 66.0 Å².